The molecule has 1 heterocycles. The smallest absolute Gasteiger partial charge is 0.257 e. The molecule has 0 spiro atoms. The van der Waals surface area contributed by atoms with Crippen LogP contribution in [0.5, 0.6) is 0 Å². The summed E-state index contributed by atoms with van der Waals surface area (Å²) in [5, 5.41) is 0. The average Bonchev–Trinajstić information content (AvgIpc) is 2.40. The van der Waals surface area contributed by atoms with Crippen LogP contribution in [-0.4, -0.2) is 23.3 Å². The zero-order chi connectivity index (χ0) is 14.3. The molecule has 3 nitrogen and oxygen atoms in total. The summed E-state index contributed by atoms with van der Waals surface area (Å²) in [6.07, 6.45) is 0.798. The van der Waals surface area contributed by atoms with Crippen molar-refractivity contribution in [1.82, 2.24) is 4.90 Å². The highest BCUT2D eigenvalue weighted by Crippen LogP contribution is 2.42. The molecular weight excluding hydrogens is 226 g/mol. The minimum Gasteiger partial charge on any atom is -0.275 e. The van der Waals surface area contributed by atoms with E-state index in [-0.39, 0.29) is 22.6 Å². The molecule has 0 bridgehead atoms. The quantitative estimate of drug-likeness (QED) is 0.707. The molecule has 0 aromatic rings. The zero-order valence-corrected chi connectivity index (χ0v) is 12.7. The Bertz CT molecular complexity index is 369. The maximum absolute atomic E-state index is 12.5. The lowest BCUT2D eigenvalue weighted by Crippen LogP contribution is -2.34. The first-order chi connectivity index (χ1) is 8.01. The van der Waals surface area contributed by atoms with Gasteiger partial charge in [-0.1, -0.05) is 48.5 Å². The van der Waals surface area contributed by atoms with Crippen LogP contribution in [0.4, 0.5) is 0 Å². The van der Waals surface area contributed by atoms with Crippen LogP contribution in [0.15, 0.2) is 11.1 Å². The molecule has 0 aromatic carbocycles. The molecule has 2 amide bonds. The molecule has 102 valence electrons. The van der Waals surface area contributed by atoms with Gasteiger partial charge in [-0.05, 0) is 17.3 Å². The molecule has 0 saturated heterocycles. The van der Waals surface area contributed by atoms with Crippen molar-refractivity contribution < 1.29 is 9.59 Å². The van der Waals surface area contributed by atoms with Crippen LogP contribution in [-0.2, 0) is 9.59 Å². The minimum atomic E-state index is -0.294. The van der Waals surface area contributed by atoms with E-state index >= 15 is 0 Å². The van der Waals surface area contributed by atoms with Crippen molar-refractivity contribution in [3.8, 4) is 0 Å². The first-order valence-corrected chi connectivity index (χ1v) is 6.63. The van der Waals surface area contributed by atoms with Crippen molar-refractivity contribution in [3.63, 3.8) is 0 Å². The second-order valence-corrected chi connectivity index (χ2v) is 7.01. The van der Waals surface area contributed by atoms with Crippen LogP contribution in [0.2, 0.25) is 0 Å². The molecule has 0 atom stereocenters. The van der Waals surface area contributed by atoms with Gasteiger partial charge in [0.05, 0.1) is 0 Å². The van der Waals surface area contributed by atoms with Gasteiger partial charge in [0, 0.05) is 17.7 Å². The van der Waals surface area contributed by atoms with Crippen LogP contribution < -0.4 is 0 Å². The van der Waals surface area contributed by atoms with E-state index in [1.54, 1.807) is 0 Å². The van der Waals surface area contributed by atoms with E-state index in [1.165, 1.54) is 4.90 Å². The lowest BCUT2D eigenvalue weighted by Gasteiger charge is -2.25. The summed E-state index contributed by atoms with van der Waals surface area (Å²) in [5.74, 6) is -0.196. The van der Waals surface area contributed by atoms with Crippen molar-refractivity contribution in [3.05, 3.63) is 11.1 Å². The summed E-state index contributed by atoms with van der Waals surface area (Å²) in [4.78, 5) is 26.3. The fourth-order valence-electron chi connectivity index (χ4n) is 2.39. The second-order valence-electron chi connectivity index (χ2n) is 7.01. The van der Waals surface area contributed by atoms with E-state index in [4.69, 9.17) is 0 Å². The van der Waals surface area contributed by atoms with E-state index < -0.39 is 0 Å². The van der Waals surface area contributed by atoms with Gasteiger partial charge in [0.25, 0.3) is 11.8 Å². The topological polar surface area (TPSA) is 37.4 Å². The molecule has 18 heavy (non-hydrogen) atoms. The molecule has 0 aliphatic carbocycles. The number of carbonyl (C=O) groups excluding carboxylic acids is 2. The molecule has 1 rings (SSSR count). The number of hydrogen-bond donors (Lipinski definition) is 0. The maximum atomic E-state index is 12.5. The number of imide groups is 1. The fourth-order valence-corrected chi connectivity index (χ4v) is 2.39. The minimum absolute atomic E-state index is 0.0979. The van der Waals surface area contributed by atoms with Gasteiger partial charge in [-0.15, -0.1) is 0 Å². The third-order valence-corrected chi connectivity index (χ3v) is 3.12. The molecule has 0 fully saturated rings. The number of hydrogen-bond acceptors (Lipinski definition) is 2. The Balaban J connectivity index is 3.40. The van der Waals surface area contributed by atoms with Crippen molar-refractivity contribution in [1.29, 1.82) is 0 Å². The summed E-state index contributed by atoms with van der Waals surface area (Å²) in [5.41, 5.74) is 0.789. The lowest BCUT2D eigenvalue weighted by molar-refractivity contribution is -0.138. The van der Waals surface area contributed by atoms with Gasteiger partial charge in [-0.3, -0.25) is 14.5 Å². The van der Waals surface area contributed by atoms with Crippen molar-refractivity contribution in [2.45, 2.75) is 54.9 Å². The van der Waals surface area contributed by atoms with Gasteiger partial charge < -0.3 is 0 Å². The highest BCUT2D eigenvalue weighted by Gasteiger charge is 2.46. The van der Waals surface area contributed by atoms with Crippen LogP contribution in [0.3, 0.4) is 0 Å². The van der Waals surface area contributed by atoms with E-state index in [1.807, 2.05) is 48.5 Å². The number of nitrogens with zero attached hydrogens (tertiary/aromatic N) is 1. The third-order valence-electron chi connectivity index (χ3n) is 3.12. The fraction of sp³-hybridized carbons (Fsp3) is 0.733. The van der Waals surface area contributed by atoms with Crippen molar-refractivity contribution >= 4 is 11.8 Å². The van der Waals surface area contributed by atoms with Gasteiger partial charge in [-0.2, -0.15) is 0 Å². The van der Waals surface area contributed by atoms with E-state index in [0.29, 0.717) is 17.7 Å². The number of rotatable bonds is 2. The van der Waals surface area contributed by atoms with Gasteiger partial charge in [0.2, 0.25) is 0 Å². The van der Waals surface area contributed by atoms with Crippen LogP contribution in [0.25, 0.3) is 0 Å². The SMILES string of the molecule is CCCN1C(=O)C(C(C)(C)C)=C(C(C)(C)C)C1=O. The second kappa shape index (κ2) is 4.52. The Labute approximate surface area is 110 Å². The summed E-state index contributed by atoms with van der Waals surface area (Å²) in [6, 6.07) is 0. The average molecular weight is 251 g/mol. The molecular formula is C15H25NO2. The van der Waals surface area contributed by atoms with E-state index in [2.05, 4.69) is 0 Å². The van der Waals surface area contributed by atoms with Crippen LogP contribution in [0.1, 0.15) is 54.9 Å². The first kappa shape index (κ1) is 14.9. The molecule has 0 radical (unpaired) electrons. The predicted octanol–water partition coefficient (Wildman–Crippen LogP) is 3.15. The maximum Gasteiger partial charge on any atom is 0.257 e. The predicted molar refractivity (Wildman–Crippen MR) is 72.9 cm³/mol. The molecule has 0 N–H and O–H groups in total. The van der Waals surface area contributed by atoms with E-state index in [9.17, 15) is 9.59 Å². The number of carbonyl (C=O) groups is 2. The Morgan fingerprint density at radius 1 is 0.833 bits per heavy atom. The van der Waals surface area contributed by atoms with Crippen LogP contribution >= 0.6 is 0 Å². The van der Waals surface area contributed by atoms with Crippen molar-refractivity contribution in [2.75, 3.05) is 6.54 Å². The normalized spacial score (nSPS) is 18.1. The Morgan fingerprint density at radius 2 is 1.17 bits per heavy atom. The zero-order valence-electron chi connectivity index (χ0n) is 12.7. The third kappa shape index (κ3) is 2.50. The summed E-state index contributed by atoms with van der Waals surface area (Å²) < 4.78 is 0. The Morgan fingerprint density at radius 3 is 1.39 bits per heavy atom. The monoisotopic (exact) mass is 251 g/mol. The molecule has 1 aliphatic heterocycles. The lowest BCUT2D eigenvalue weighted by atomic mass is 9.76. The largest absolute Gasteiger partial charge is 0.275 e. The first-order valence-electron chi connectivity index (χ1n) is 6.63. The highest BCUT2D eigenvalue weighted by molar-refractivity contribution is 6.20. The molecule has 0 unspecified atom stereocenters. The van der Waals surface area contributed by atoms with Gasteiger partial charge in [-0.25, -0.2) is 0 Å². The molecule has 3 heteroatoms. The van der Waals surface area contributed by atoms with Gasteiger partial charge >= 0.3 is 0 Å². The standard InChI is InChI=1S/C15H25NO2/c1-8-9-16-12(17)10(14(2,3)4)11(13(16)18)15(5,6)7/h8-9H2,1-7H3. The molecule has 0 aromatic heterocycles. The van der Waals surface area contributed by atoms with Crippen LogP contribution in [0, 0.1) is 10.8 Å². The number of amides is 2. The summed E-state index contributed by atoms with van der Waals surface area (Å²) in [7, 11) is 0. The Kier molecular flexibility index (Phi) is 3.75. The summed E-state index contributed by atoms with van der Waals surface area (Å²) >= 11 is 0. The molecule has 0 saturated carbocycles. The highest BCUT2D eigenvalue weighted by atomic mass is 16.2. The van der Waals surface area contributed by atoms with Gasteiger partial charge in [0.15, 0.2) is 0 Å². The van der Waals surface area contributed by atoms with E-state index in [0.717, 1.165) is 6.42 Å². The van der Waals surface area contributed by atoms with Gasteiger partial charge in [0.1, 0.15) is 0 Å². The van der Waals surface area contributed by atoms with Crippen molar-refractivity contribution in [2.24, 2.45) is 10.8 Å². The molecule has 1 aliphatic rings. The Hall–Kier alpha value is -1.12. The summed E-state index contributed by atoms with van der Waals surface area (Å²) in [6.45, 7) is 14.5.